The largest absolute Gasteiger partial charge is 0.478 e. The summed E-state index contributed by atoms with van der Waals surface area (Å²) in [7, 11) is 0. The Balaban J connectivity index is 0. The summed E-state index contributed by atoms with van der Waals surface area (Å²) in [6, 6.07) is 0. The highest BCUT2D eigenvalue weighted by atomic mass is 16.4. The lowest BCUT2D eigenvalue weighted by molar-refractivity contribution is -0.132. The van der Waals surface area contributed by atoms with Crippen LogP contribution in [0.15, 0.2) is 24.3 Å². The predicted molar refractivity (Wildman–Crippen MR) is 46.5 cm³/mol. The molecule has 0 heterocycles. The van der Waals surface area contributed by atoms with Crippen LogP contribution in [-0.2, 0) is 9.59 Å². The van der Waals surface area contributed by atoms with Crippen molar-refractivity contribution in [1.82, 2.24) is 0 Å². The van der Waals surface area contributed by atoms with Crippen LogP contribution in [-0.4, -0.2) is 17.0 Å². The Bertz CT molecular complexity index is 206. The maximum Gasteiger partial charge on any atom is 0.330 e. The summed E-state index contributed by atoms with van der Waals surface area (Å²) in [6.45, 7) is 6.34. The van der Waals surface area contributed by atoms with Gasteiger partial charge in [0.2, 0.25) is 5.91 Å². The zero-order valence-corrected chi connectivity index (χ0v) is 7.20. The predicted octanol–water partition coefficient (Wildman–Crippen LogP) is 0.695. The Morgan fingerprint density at radius 2 is 1.83 bits per heavy atom. The molecule has 0 saturated heterocycles. The molecular formula is C8H13NO3. The molecule has 0 aliphatic heterocycles. The summed E-state index contributed by atoms with van der Waals surface area (Å²) in [5.41, 5.74) is 4.92. The van der Waals surface area contributed by atoms with E-state index in [4.69, 9.17) is 5.11 Å². The van der Waals surface area contributed by atoms with E-state index >= 15 is 0 Å². The fraction of sp³-hybridized carbons (Fsp3) is 0.250. The van der Waals surface area contributed by atoms with Gasteiger partial charge in [0.1, 0.15) is 0 Å². The molecule has 0 aromatic heterocycles. The first-order valence-electron chi connectivity index (χ1n) is 3.23. The molecule has 4 heteroatoms. The van der Waals surface area contributed by atoms with Crippen molar-refractivity contribution < 1.29 is 14.7 Å². The number of carboxylic acid groups (broad SMARTS) is 1. The topological polar surface area (TPSA) is 80.4 Å². The first-order valence-corrected chi connectivity index (χ1v) is 3.23. The Morgan fingerprint density at radius 3 is 1.83 bits per heavy atom. The van der Waals surface area contributed by atoms with Crippen molar-refractivity contribution in [3.05, 3.63) is 24.3 Å². The highest BCUT2D eigenvalue weighted by Gasteiger charge is 1.93. The smallest absolute Gasteiger partial charge is 0.330 e. The molecule has 0 bridgehead atoms. The summed E-state index contributed by atoms with van der Waals surface area (Å²) in [6.07, 6.45) is 2.61. The summed E-state index contributed by atoms with van der Waals surface area (Å²) in [5.74, 6) is -1.33. The van der Waals surface area contributed by atoms with Crippen LogP contribution >= 0.6 is 0 Å². The number of primary amides is 1. The molecule has 1 amide bonds. The average molecular weight is 171 g/mol. The van der Waals surface area contributed by atoms with Crippen LogP contribution in [0.5, 0.6) is 0 Å². The number of carbonyl (C=O) groups excluding carboxylic acids is 1. The third-order valence-corrected chi connectivity index (χ3v) is 0.972. The Labute approximate surface area is 71.4 Å². The summed E-state index contributed by atoms with van der Waals surface area (Å²) >= 11 is 0. The monoisotopic (exact) mass is 171 g/mol. The van der Waals surface area contributed by atoms with Crippen molar-refractivity contribution in [2.24, 2.45) is 5.73 Å². The standard InChI is InChI=1S/C5H8O2.C3H5NO/c1-3-4(2)5(6)7;1-2-3(4)5/h3H,1-2H3,(H,6,7);2H,1H2,(H2,4,5)/b4-3+;. The minimum Gasteiger partial charge on any atom is -0.478 e. The lowest BCUT2D eigenvalue weighted by atomic mass is 10.3. The van der Waals surface area contributed by atoms with Crippen LogP contribution in [0.25, 0.3) is 0 Å². The van der Waals surface area contributed by atoms with Crippen molar-refractivity contribution in [3.8, 4) is 0 Å². The van der Waals surface area contributed by atoms with Crippen LogP contribution < -0.4 is 5.73 Å². The normalized spacial score (nSPS) is 9.33. The maximum atomic E-state index is 9.86. The lowest BCUT2D eigenvalue weighted by Crippen LogP contribution is -2.04. The van der Waals surface area contributed by atoms with E-state index in [1.165, 1.54) is 0 Å². The van der Waals surface area contributed by atoms with Crippen molar-refractivity contribution in [2.75, 3.05) is 0 Å². The van der Waals surface area contributed by atoms with E-state index in [2.05, 4.69) is 12.3 Å². The van der Waals surface area contributed by atoms with E-state index in [0.29, 0.717) is 5.57 Å². The van der Waals surface area contributed by atoms with E-state index in [9.17, 15) is 9.59 Å². The van der Waals surface area contributed by atoms with Gasteiger partial charge in [0.25, 0.3) is 0 Å². The highest BCUT2D eigenvalue weighted by molar-refractivity contribution is 5.85. The molecule has 0 unspecified atom stereocenters. The molecule has 0 rings (SSSR count). The van der Waals surface area contributed by atoms with Gasteiger partial charge in [-0.3, -0.25) is 4.79 Å². The molecule has 3 N–H and O–H groups in total. The Morgan fingerprint density at radius 1 is 1.50 bits per heavy atom. The Kier molecular flexibility index (Phi) is 8.18. The number of amides is 1. The fourth-order valence-electron chi connectivity index (χ4n) is 0.123. The summed E-state index contributed by atoms with van der Waals surface area (Å²) in [5, 5.41) is 8.11. The molecular weight excluding hydrogens is 158 g/mol. The van der Waals surface area contributed by atoms with Gasteiger partial charge in [0.05, 0.1) is 0 Å². The number of hydrogen-bond donors (Lipinski definition) is 2. The van der Waals surface area contributed by atoms with Crippen LogP contribution in [0.3, 0.4) is 0 Å². The van der Waals surface area contributed by atoms with Gasteiger partial charge in [-0.25, -0.2) is 4.79 Å². The number of rotatable bonds is 2. The number of carboxylic acids is 1. The van der Waals surface area contributed by atoms with Gasteiger partial charge >= 0.3 is 5.97 Å². The third-order valence-electron chi connectivity index (χ3n) is 0.972. The zero-order chi connectivity index (χ0) is 10.1. The molecule has 0 aliphatic rings. The quantitative estimate of drug-likeness (QED) is 0.600. The van der Waals surface area contributed by atoms with Crippen molar-refractivity contribution >= 4 is 11.9 Å². The van der Waals surface area contributed by atoms with Gasteiger partial charge in [-0.2, -0.15) is 0 Å². The minimum absolute atomic E-state index is 0.389. The van der Waals surface area contributed by atoms with Gasteiger partial charge in [-0.15, -0.1) is 0 Å². The van der Waals surface area contributed by atoms with Gasteiger partial charge in [0, 0.05) is 5.57 Å². The molecule has 0 aromatic carbocycles. The minimum atomic E-state index is -0.845. The van der Waals surface area contributed by atoms with Gasteiger partial charge in [0.15, 0.2) is 0 Å². The molecule has 0 atom stereocenters. The fourth-order valence-corrected chi connectivity index (χ4v) is 0.123. The van der Waals surface area contributed by atoms with Crippen LogP contribution in [0, 0.1) is 0 Å². The SMILES string of the molecule is C/C=C(\C)C(=O)O.C=CC(N)=O. The number of nitrogens with two attached hydrogens (primary N) is 1. The number of allylic oxidation sites excluding steroid dienone is 1. The lowest BCUT2D eigenvalue weighted by Gasteiger charge is -1.84. The second-order valence-corrected chi connectivity index (χ2v) is 1.88. The number of hydrogen-bond acceptors (Lipinski definition) is 2. The van der Waals surface area contributed by atoms with Crippen LogP contribution in [0.4, 0.5) is 0 Å². The van der Waals surface area contributed by atoms with Crippen molar-refractivity contribution in [1.29, 1.82) is 0 Å². The molecule has 0 fully saturated rings. The summed E-state index contributed by atoms with van der Waals surface area (Å²) < 4.78 is 0. The van der Waals surface area contributed by atoms with Gasteiger partial charge in [-0.1, -0.05) is 12.7 Å². The van der Waals surface area contributed by atoms with Gasteiger partial charge < -0.3 is 10.8 Å². The molecule has 0 radical (unpaired) electrons. The second kappa shape index (κ2) is 7.53. The number of carbonyl (C=O) groups is 2. The first-order chi connectivity index (χ1) is 5.45. The molecule has 0 aliphatic carbocycles. The molecule has 0 saturated carbocycles. The molecule has 0 spiro atoms. The Hall–Kier alpha value is -1.58. The zero-order valence-electron chi connectivity index (χ0n) is 7.20. The second-order valence-electron chi connectivity index (χ2n) is 1.88. The highest BCUT2D eigenvalue weighted by Crippen LogP contribution is 1.87. The third kappa shape index (κ3) is 11.2. The van der Waals surface area contributed by atoms with E-state index in [0.717, 1.165) is 6.08 Å². The van der Waals surface area contributed by atoms with E-state index in [1.54, 1.807) is 19.9 Å². The average Bonchev–Trinajstić information content (AvgIpc) is 2.04. The maximum absolute atomic E-state index is 9.86. The van der Waals surface area contributed by atoms with Gasteiger partial charge in [-0.05, 0) is 19.9 Å². The molecule has 0 aromatic rings. The van der Waals surface area contributed by atoms with Crippen LogP contribution in [0.1, 0.15) is 13.8 Å². The van der Waals surface area contributed by atoms with E-state index < -0.39 is 11.9 Å². The van der Waals surface area contributed by atoms with E-state index in [1.807, 2.05) is 0 Å². The van der Waals surface area contributed by atoms with E-state index in [-0.39, 0.29) is 0 Å². The number of aliphatic carboxylic acids is 1. The molecule has 68 valence electrons. The van der Waals surface area contributed by atoms with Crippen LogP contribution in [0.2, 0.25) is 0 Å². The molecule has 12 heavy (non-hydrogen) atoms. The van der Waals surface area contributed by atoms with Crippen molar-refractivity contribution in [3.63, 3.8) is 0 Å². The molecule has 4 nitrogen and oxygen atoms in total. The first kappa shape index (κ1) is 13.0. The van der Waals surface area contributed by atoms with Crippen molar-refractivity contribution in [2.45, 2.75) is 13.8 Å². The summed E-state index contributed by atoms with van der Waals surface area (Å²) in [4.78, 5) is 19.3.